The van der Waals surface area contributed by atoms with E-state index in [-0.39, 0.29) is 0 Å². The van der Waals surface area contributed by atoms with Crippen LogP contribution in [0.2, 0.25) is 10.0 Å². The van der Waals surface area contributed by atoms with Crippen molar-refractivity contribution < 1.29 is 0 Å². The van der Waals surface area contributed by atoms with Gasteiger partial charge in [-0.3, -0.25) is 9.67 Å². The average Bonchev–Trinajstić information content (AvgIpc) is 3.16. The van der Waals surface area contributed by atoms with Crippen LogP contribution in [0.1, 0.15) is 24.4 Å². The maximum atomic E-state index is 6.10. The van der Waals surface area contributed by atoms with Crippen LogP contribution in [0, 0.1) is 0 Å². The van der Waals surface area contributed by atoms with Gasteiger partial charge in [-0.05, 0) is 25.0 Å². The minimum atomic E-state index is 0.290. The minimum Gasteiger partial charge on any atom is -0.348 e. The van der Waals surface area contributed by atoms with Crippen molar-refractivity contribution in [2.75, 3.05) is 11.4 Å². The maximum Gasteiger partial charge on any atom is 0.148 e. The molecule has 3 aromatic rings. The maximum absolute atomic E-state index is 6.10. The van der Waals surface area contributed by atoms with Crippen molar-refractivity contribution in [3.8, 4) is 0 Å². The number of rotatable bonds is 2. The highest BCUT2D eigenvalue weighted by molar-refractivity contribution is 6.42. The zero-order chi connectivity index (χ0) is 16.0. The van der Waals surface area contributed by atoms with Gasteiger partial charge in [-0.25, -0.2) is 4.98 Å². The lowest BCUT2D eigenvalue weighted by molar-refractivity contribution is 0.708. The van der Waals surface area contributed by atoms with Crippen LogP contribution < -0.4 is 4.90 Å². The van der Waals surface area contributed by atoms with Crippen LogP contribution in [-0.4, -0.2) is 26.3 Å². The van der Waals surface area contributed by atoms with Crippen LogP contribution in [0.3, 0.4) is 0 Å². The van der Waals surface area contributed by atoms with Crippen molar-refractivity contribution in [2.24, 2.45) is 7.05 Å². The summed E-state index contributed by atoms with van der Waals surface area (Å²) in [5, 5.41) is 5.27. The van der Waals surface area contributed by atoms with Crippen LogP contribution in [0.5, 0.6) is 0 Å². The van der Waals surface area contributed by atoms with Gasteiger partial charge in [0.25, 0.3) is 0 Å². The number of hydrogen-bond acceptors (Lipinski definition) is 4. The van der Waals surface area contributed by atoms with E-state index in [1.807, 2.05) is 17.9 Å². The standard InChI is InChI=1S/C16H15Cl2N5/c1-22-9-10(7-20-22)15-3-2-4-23(15)16-8-19-13-5-11(17)12(18)6-14(13)21-16/h5-9,15H,2-4H2,1H3. The van der Waals surface area contributed by atoms with Gasteiger partial charge in [0, 0.05) is 25.4 Å². The smallest absolute Gasteiger partial charge is 0.148 e. The lowest BCUT2D eigenvalue weighted by atomic mass is 10.1. The SMILES string of the molecule is Cn1cc(C2CCCN2c2cnc3cc(Cl)c(Cl)cc3n2)cn1. The van der Waals surface area contributed by atoms with Gasteiger partial charge in [0.15, 0.2) is 0 Å². The second-order valence-electron chi connectivity index (χ2n) is 5.78. The molecule has 3 heterocycles. The van der Waals surface area contributed by atoms with Gasteiger partial charge < -0.3 is 4.90 Å². The fraction of sp³-hybridized carbons (Fsp3) is 0.312. The Morgan fingerprint density at radius 1 is 1.13 bits per heavy atom. The summed E-state index contributed by atoms with van der Waals surface area (Å²) in [7, 11) is 1.93. The predicted octanol–water partition coefficient (Wildman–Crippen LogP) is 4.01. The van der Waals surface area contributed by atoms with Crippen LogP contribution in [0.15, 0.2) is 30.7 Å². The fourth-order valence-electron chi connectivity index (χ4n) is 3.14. The molecule has 1 aliphatic heterocycles. The summed E-state index contributed by atoms with van der Waals surface area (Å²) in [5.41, 5.74) is 2.72. The molecule has 118 valence electrons. The first-order valence-corrected chi connectivity index (χ1v) is 8.24. The van der Waals surface area contributed by atoms with Crippen LogP contribution in [0.4, 0.5) is 5.82 Å². The number of benzene rings is 1. The zero-order valence-corrected chi connectivity index (χ0v) is 14.1. The molecule has 1 atom stereocenters. The lowest BCUT2D eigenvalue weighted by Gasteiger charge is -2.24. The summed E-state index contributed by atoms with van der Waals surface area (Å²) in [6.45, 7) is 0.959. The highest BCUT2D eigenvalue weighted by Gasteiger charge is 2.28. The van der Waals surface area contributed by atoms with E-state index in [1.165, 1.54) is 5.56 Å². The Hall–Kier alpha value is -1.85. The first-order chi connectivity index (χ1) is 11.1. The van der Waals surface area contributed by atoms with Gasteiger partial charge in [0.2, 0.25) is 0 Å². The van der Waals surface area contributed by atoms with Crippen LogP contribution in [0.25, 0.3) is 11.0 Å². The van der Waals surface area contributed by atoms with E-state index < -0.39 is 0 Å². The molecule has 0 radical (unpaired) electrons. The molecule has 0 N–H and O–H groups in total. The number of fused-ring (bicyclic) bond motifs is 1. The molecule has 7 heteroatoms. The molecule has 23 heavy (non-hydrogen) atoms. The van der Waals surface area contributed by atoms with Crippen LogP contribution in [-0.2, 0) is 7.05 Å². The van der Waals surface area contributed by atoms with Gasteiger partial charge in [0.1, 0.15) is 5.82 Å². The van der Waals surface area contributed by atoms with E-state index in [1.54, 1.807) is 18.3 Å². The van der Waals surface area contributed by atoms with E-state index in [0.29, 0.717) is 16.1 Å². The Labute approximate surface area is 143 Å². The molecular weight excluding hydrogens is 333 g/mol. The third-order valence-electron chi connectivity index (χ3n) is 4.23. The Bertz CT molecular complexity index is 876. The molecule has 1 aromatic carbocycles. The Morgan fingerprint density at radius 3 is 2.65 bits per heavy atom. The molecule has 0 bridgehead atoms. The number of anilines is 1. The summed E-state index contributed by atoms with van der Waals surface area (Å²) in [4.78, 5) is 11.5. The van der Waals surface area contributed by atoms with Crippen molar-refractivity contribution in [1.29, 1.82) is 0 Å². The van der Waals surface area contributed by atoms with Crippen molar-refractivity contribution in [2.45, 2.75) is 18.9 Å². The Kier molecular flexibility index (Phi) is 3.62. The van der Waals surface area contributed by atoms with Crippen LogP contribution >= 0.6 is 23.2 Å². The van der Waals surface area contributed by atoms with E-state index in [9.17, 15) is 0 Å². The second-order valence-corrected chi connectivity index (χ2v) is 6.60. The second kappa shape index (κ2) is 5.65. The number of halogens is 2. The molecule has 5 nitrogen and oxygen atoms in total. The summed E-state index contributed by atoms with van der Waals surface area (Å²) in [5.74, 6) is 0.863. The predicted molar refractivity (Wildman–Crippen MR) is 92.1 cm³/mol. The Balaban J connectivity index is 1.74. The normalized spacial score (nSPS) is 18.0. The summed E-state index contributed by atoms with van der Waals surface area (Å²) < 4.78 is 1.83. The largest absolute Gasteiger partial charge is 0.348 e. The molecule has 0 spiro atoms. The van der Waals surface area contributed by atoms with E-state index in [0.717, 1.165) is 36.2 Å². The molecule has 1 saturated heterocycles. The molecule has 4 rings (SSSR count). The van der Waals surface area contributed by atoms with Gasteiger partial charge in [-0.1, -0.05) is 23.2 Å². The third-order valence-corrected chi connectivity index (χ3v) is 4.95. The molecule has 2 aromatic heterocycles. The van der Waals surface area contributed by atoms with E-state index >= 15 is 0 Å². The first-order valence-electron chi connectivity index (χ1n) is 7.49. The third kappa shape index (κ3) is 2.64. The molecule has 0 saturated carbocycles. The minimum absolute atomic E-state index is 0.290. The summed E-state index contributed by atoms with van der Waals surface area (Å²) >= 11 is 12.1. The van der Waals surface area contributed by atoms with Gasteiger partial charge in [-0.2, -0.15) is 5.10 Å². The Morgan fingerprint density at radius 2 is 1.91 bits per heavy atom. The van der Waals surface area contributed by atoms with Gasteiger partial charge >= 0.3 is 0 Å². The fourth-order valence-corrected chi connectivity index (χ4v) is 3.45. The first kappa shape index (κ1) is 14.7. The molecule has 1 unspecified atom stereocenters. The van der Waals surface area contributed by atoms with E-state index in [4.69, 9.17) is 28.2 Å². The quantitative estimate of drug-likeness (QED) is 0.702. The van der Waals surface area contributed by atoms with Crippen molar-refractivity contribution in [3.63, 3.8) is 0 Å². The number of aryl methyl sites for hydroxylation is 1. The molecular formula is C16H15Cl2N5. The molecule has 0 amide bonds. The number of aromatic nitrogens is 4. The van der Waals surface area contributed by atoms with Crippen molar-refractivity contribution in [1.82, 2.24) is 19.7 Å². The monoisotopic (exact) mass is 347 g/mol. The topological polar surface area (TPSA) is 46.8 Å². The molecule has 1 fully saturated rings. The molecule has 0 aliphatic carbocycles. The van der Waals surface area contributed by atoms with Gasteiger partial charge in [-0.15, -0.1) is 0 Å². The van der Waals surface area contributed by atoms with E-state index in [2.05, 4.69) is 21.2 Å². The molecule has 1 aliphatic rings. The summed E-state index contributed by atoms with van der Waals surface area (Å²) in [6, 6.07) is 3.81. The number of hydrogen-bond donors (Lipinski definition) is 0. The lowest BCUT2D eigenvalue weighted by Crippen LogP contribution is -2.23. The van der Waals surface area contributed by atoms with Crippen molar-refractivity contribution >= 4 is 40.1 Å². The highest BCUT2D eigenvalue weighted by atomic mass is 35.5. The highest BCUT2D eigenvalue weighted by Crippen LogP contribution is 2.35. The summed E-state index contributed by atoms with van der Waals surface area (Å²) in [6.07, 6.45) is 8.01. The van der Waals surface area contributed by atoms with Crippen molar-refractivity contribution in [3.05, 3.63) is 46.3 Å². The zero-order valence-electron chi connectivity index (χ0n) is 12.6. The van der Waals surface area contributed by atoms with Gasteiger partial charge in [0.05, 0.1) is 39.5 Å². The number of nitrogens with zero attached hydrogens (tertiary/aromatic N) is 5. The average molecular weight is 348 g/mol.